The van der Waals surface area contributed by atoms with E-state index in [0.29, 0.717) is 5.56 Å². The summed E-state index contributed by atoms with van der Waals surface area (Å²) in [6.45, 7) is 6.85. The first-order valence-corrected chi connectivity index (χ1v) is 25.6. The van der Waals surface area contributed by atoms with Crippen molar-refractivity contribution >= 4 is 43.2 Å². The van der Waals surface area contributed by atoms with Crippen LogP contribution in [0.15, 0.2) is 69.6 Å². The lowest BCUT2D eigenvalue weighted by molar-refractivity contribution is -0.384. The SMILES string of the molecule is CCCCCCCCCCCCCCCCN(CCCCCCCCCCCCCCCC)c1ccc(C#Cc2cc(Br)c(C#Cc3ccc([N+](=O)[O-])cc3)cc2Br)cc1. The van der Waals surface area contributed by atoms with Gasteiger partial charge >= 0.3 is 0 Å². The average molecular weight is 945 g/mol. The van der Waals surface area contributed by atoms with Crippen molar-refractivity contribution in [2.45, 2.75) is 194 Å². The third-order valence-electron chi connectivity index (χ3n) is 11.6. The molecule has 0 saturated carbocycles. The molecule has 328 valence electrons. The van der Waals surface area contributed by atoms with Gasteiger partial charge in [0.25, 0.3) is 5.69 Å². The second-order valence-electron chi connectivity index (χ2n) is 16.8. The zero-order valence-electron chi connectivity index (χ0n) is 37.5. The van der Waals surface area contributed by atoms with Crippen LogP contribution < -0.4 is 4.90 Å². The van der Waals surface area contributed by atoms with Crippen molar-refractivity contribution in [3.63, 3.8) is 0 Å². The zero-order valence-corrected chi connectivity index (χ0v) is 40.6. The molecule has 0 bridgehead atoms. The van der Waals surface area contributed by atoms with Gasteiger partial charge < -0.3 is 4.90 Å². The summed E-state index contributed by atoms with van der Waals surface area (Å²) < 4.78 is 1.72. The molecule has 3 rings (SSSR count). The Hall–Kier alpha value is -3.06. The minimum Gasteiger partial charge on any atom is -0.372 e. The van der Waals surface area contributed by atoms with E-state index in [4.69, 9.17) is 0 Å². The average Bonchev–Trinajstić information content (AvgIpc) is 3.25. The molecule has 6 heteroatoms. The second-order valence-corrected chi connectivity index (χ2v) is 18.6. The molecule has 0 atom stereocenters. The maximum absolute atomic E-state index is 11.0. The Balaban J connectivity index is 1.47. The Morgan fingerprint density at radius 3 is 1.07 bits per heavy atom. The van der Waals surface area contributed by atoms with Gasteiger partial charge in [-0.05, 0) is 93.2 Å². The molecule has 0 aliphatic heterocycles. The highest BCUT2D eigenvalue weighted by atomic mass is 79.9. The fourth-order valence-corrected chi connectivity index (χ4v) is 8.69. The van der Waals surface area contributed by atoms with E-state index in [-0.39, 0.29) is 5.69 Å². The standard InChI is InChI=1S/C54H76Br2N2O2/c1-3-5-7-9-11-13-15-17-19-21-23-25-27-29-43-57(44-30-28-26-24-22-20-18-16-14-12-10-8-6-4-2)51-39-33-47(34-40-51)31-37-49-45-54(56)50(46-53(49)55)38-32-48-35-41-52(42-36-48)58(59)60/h33-36,39-42,45-46H,3-30,43-44H2,1-2H3. The van der Waals surface area contributed by atoms with Crippen LogP contribution in [0.25, 0.3) is 0 Å². The summed E-state index contributed by atoms with van der Waals surface area (Å²) in [7, 11) is 0. The molecular weight excluding hydrogens is 868 g/mol. The van der Waals surface area contributed by atoms with Gasteiger partial charge in [0.1, 0.15) is 0 Å². The summed E-state index contributed by atoms with van der Waals surface area (Å²) in [4.78, 5) is 13.2. The minimum absolute atomic E-state index is 0.0554. The topological polar surface area (TPSA) is 46.4 Å². The van der Waals surface area contributed by atoms with Crippen molar-refractivity contribution in [2.75, 3.05) is 18.0 Å². The fourth-order valence-electron chi connectivity index (χ4n) is 7.80. The summed E-state index contributed by atoms with van der Waals surface area (Å²) in [5, 5.41) is 11.0. The van der Waals surface area contributed by atoms with E-state index in [9.17, 15) is 10.1 Å². The molecule has 0 unspecified atom stereocenters. The first-order chi connectivity index (χ1) is 29.4. The molecule has 0 aliphatic carbocycles. The molecule has 0 aromatic heterocycles. The number of hydrogen-bond donors (Lipinski definition) is 0. The summed E-state index contributed by atoms with van der Waals surface area (Å²) in [6.07, 6.45) is 38.9. The van der Waals surface area contributed by atoms with Crippen LogP contribution in [0.3, 0.4) is 0 Å². The van der Waals surface area contributed by atoms with E-state index in [0.717, 1.165) is 38.7 Å². The Morgan fingerprint density at radius 1 is 0.450 bits per heavy atom. The summed E-state index contributed by atoms with van der Waals surface area (Å²) in [6, 6.07) is 19.1. The van der Waals surface area contributed by atoms with Gasteiger partial charge in [0, 0.05) is 62.1 Å². The van der Waals surface area contributed by atoms with Crippen LogP contribution in [-0.2, 0) is 0 Å². The lowest BCUT2D eigenvalue weighted by atomic mass is 10.0. The highest BCUT2D eigenvalue weighted by Crippen LogP contribution is 2.26. The summed E-state index contributed by atoms with van der Waals surface area (Å²) in [5.41, 5.74) is 4.77. The van der Waals surface area contributed by atoms with Crippen LogP contribution in [0.1, 0.15) is 216 Å². The first kappa shape index (κ1) is 51.3. The number of unbranched alkanes of at least 4 members (excludes halogenated alkanes) is 26. The van der Waals surface area contributed by atoms with E-state index in [2.05, 4.69) is 98.6 Å². The van der Waals surface area contributed by atoms with Gasteiger partial charge in [-0.1, -0.05) is 204 Å². The third kappa shape index (κ3) is 23.2. The van der Waals surface area contributed by atoms with E-state index >= 15 is 0 Å². The number of halogens is 2. The van der Waals surface area contributed by atoms with Gasteiger partial charge in [0.05, 0.1) is 4.92 Å². The Bertz CT molecular complexity index is 1680. The van der Waals surface area contributed by atoms with Crippen LogP contribution in [0.2, 0.25) is 0 Å². The van der Waals surface area contributed by atoms with Gasteiger partial charge in [-0.3, -0.25) is 10.1 Å². The summed E-state index contributed by atoms with van der Waals surface area (Å²) >= 11 is 7.36. The van der Waals surface area contributed by atoms with Crippen molar-refractivity contribution in [1.29, 1.82) is 0 Å². The molecule has 0 N–H and O–H groups in total. The smallest absolute Gasteiger partial charge is 0.269 e. The van der Waals surface area contributed by atoms with Gasteiger partial charge in [0.15, 0.2) is 0 Å². The molecule has 0 fully saturated rings. The molecule has 60 heavy (non-hydrogen) atoms. The van der Waals surface area contributed by atoms with Crippen molar-refractivity contribution in [3.8, 4) is 23.7 Å². The van der Waals surface area contributed by atoms with Gasteiger partial charge in [-0.2, -0.15) is 0 Å². The number of non-ortho nitro benzene ring substituents is 1. The Kier molecular flexibility index (Phi) is 28.7. The summed E-state index contributed by atoms with van der Waals surface area (Å²) in [5.74, 6) is 13.0. The lowest BCUT2D eigenvalue weighted by Gasteiger charge is -2.25. The zero-order chi connectivity index (χ0) is 42.9. The van der Waals surface area contributed by atoms with Crippen molar-refractivity contribution in [1.82, 2.24) is 0 Å². The number of nitrogens with zero attached hydrogens (tertiary/aromatic N) is 2. The molecule has 3 aromatic rings. The number of nitro groups is 1. The molecule has 4 nitrogen and oxygen atoms in total. The van der Waals surface area contributed by atoms with Gasteiger partial charge in [-0.15, -0.1) is 0 Å². The molecular formula is C54H76Br2N2O2. The highest BCUT2D eigenvalue weighted by Gasteiger charge is 2.08. The monoisotopic (exact) mass is 942 g/mol. The number of nitro benzene ring substituents is 1. The van der Waals surface area contributed by atoms with Crippen molar-refractivity contribution in [2.24, 2.45) is 0 Å². The van der Waals surface area contributed by atoms with E-state index in [1.165, 1.54) is 198 Å². The minimum atomic E-state index is -0.405. The van der Waals surface area contributed by atoms with Crippen LogP contribution in [-0.4, -0.2) is 18.0 Å². The number of benzene rings is 3. The van der Waals surface area contributed by atoms with Gasteiger partial charge in [-0.25, -0.2) is 0 Å². The maximum Gasteiger partial charge on any atom is 0.269 e. The lowest BCUT2D eigenvalue weighted by Crippen LogP contribution is -2.25. The van der Waals surface area contributed by atoms with Crippen LogP contribution >= 0.6 is 31.9 Å². The third-order valence-corrected chi connectivity index (χ3v) is 12.9. The molecule has 0 amide bonds. The second kappa shape index (κ2) is 33.6. The van der Waals surface area contributed by atoms with Crippen LogP contribution in [0.5, 0.6) is 0 Å². The molecule has 0 saturated heterocycles. The van der Waals surface area contributed by atoms with Crippen LogP contribution in [0, 0.1) is 33.8 Å². The fraction of sp³-hybridized carbons (Fsp3) is 0.593. The van der Waals surface area contributed by atoms with E-state index < -0.39 is 4.92 Å². The molecule has 0 spiro atoms. The molecule has 0 radical (unpaired) electrons. The van der Waals surface area contributed by atoms with Crippen LogP contribution in [0.4, 0.5) is 11.4 Å². The van der Waals surface area contributed by atoms with Crippen molar-refractivity contribution < 1.29 is 4.92 Å². The Morgan fingerprint density at radius 2 is 0.750 bits per heavy atom. The Labute approximate surface area is 383 Å². The number of anilines is 1. The quantitative estimate of drug-likeness (QED) is 0.0271. The largest absolute Gasteiger partial charge is 0.372 e. The molecule has 0 heterocycles. The number of rotatable bonds is 32. The first-order valence-electron chi connectivity index (χ1n) is 24.0. The van der Waals surface area contributed by atoms with Gasteiger partial charge in [0.2, 0.25) is 0 Å². The van der Waals surface area contributed by atoms with E-state index in [1.807, 2.05) is 12.1 Å². The molecule has 3 aromatic carbocycles. The molecule has 0 aliphatic rings. The van der Waals surface area contributed by atoms with E-state index in [1.54, 1.807) is 12.1 Å². The van der Waals surface area contributed by atoms with Crippen molar-refractivity contribution in [3.05, 3.63) is 102 Å². The predicted octanol–water partition coefficient (Wildman–Crippen LogP) is 17.7. The normalized spacial score (nSPS) is 10.9. The predicted molar refractivity (Wildman–Crippen MR) is 266 cm³/mol. The highest BCUT2D eigenvalue weighted by molar-refractivity contribution is 9.11. The number of hydrogen-bond acceptors (Lipinski definition) is 3. The maximum atomic E-state index is 11.0.